The van der Waals surface area contributed by atoms with Crippen LogP contribution in [0.4, 0.5) is 0 Å². The van der Waals surface area contributed by atoms with Gasteiger partial charge in [-0.05, 0) is 55.1 Å². The summed E-state index contributed by atoms with van der Waals surface area (Å²) in [4.78, 5) is 17.6. The molecule has 0 aliphatic carbocycles. The molecule has 4 aromatic carbocycles. The minimum Gasteiger partial charge on any atom is -0.493 e. The van der Waals surface area contributed by atoms with Crippen molar-refractivity contribution in [1.82, 2.24) is 14.9 Å². The molecule has 1 N–H and O–H groups in total. The summed E-state index contributed by atoms with van der Waals surface area (Å²) in [6.07, 6.45) is 0.797. The minimum atomic E-state index is -0.284. The molecule has 0 saturated heterocycles. The van der Waals surface area contributed by atoms with Crippen molar-refractivity contribution in [2.75, 3.05) is 6.61 Å². The molecule has 0 bridgehead atoms. The van der Waals surface area contributed by atoms with Gasteiger partial charge in [-0.1, -0.05) is 66.2 Å². The lowest BCUT2D eigenvalue weighted by molar-refractivity contribution is 0.0937. The fraction of sp³-hybridized carbons (Fsp3) is 0.172. The first-order valence-electron chi connectivity index (χ1n) is 11.7. The van der Waals surface area contributed by atoms with E-state index >= 15 is 0 Å². The number of aryl methyl sites for hydroxylation is 1. The first-order valence-corrected chi connectivity index (χ1v) is 12.1. The van der Waals surface area contributed by atoms with E-state index in [2.05, 4.69) is 34.1 Å². The van der Waals surface area contributed by atoms with Crippen LogP contribution in [0.25, 0.3) is 21.8 Å². The number of carbonyl (C=O) groups excluding carboxylic acids is 1. The van der Waals surface area contributed by atoms with Gasteiger partial charge in [0.25, 0.3) is 5.91 Å². The fourth-order valence-electron chi connectivity index (χ4n) is 4.36. The molecule has 5 aromatic rings. The fourth-order valence-corrected chi connectivity index (χ4v) is 4.55. The normalized spacial score (nSPS) is 12.1. The van der Waals surface area contributed by atoms with E-state index in [0.717, 1.165) is 46.3 Å². The maximum absolute atomic E-state index is 12.8. The Morgan fingerprint density at radius 3 is 2.66 bits per heavy atom. The summed E-state index contributed by atoms with van der Waals surface area (Å²) >= 11 is 6.06. The first-order chi connectivity index (χ1) is 17.1. The quantitative estimate of drug-likeness (QED) is 0.247. The van der Waals surface area contributed by atoms with Gasteiger partial charge in [0.05, 0.1) is 23.7 Å². The second-order valence-corrected chi connectivity index (χ2v) is 8.93. The Hall–Kier alpha value is -3.83. The molecule has 6 heteroatoms. The number of carbonyl (C=O) groups is 1. The van der Waals surface area contributed by atoms with E-state index in [-0.39, 0.29) is 11.9 Å². The smallest absolute Gasteiger partial charge is 0.251 e. The van der Waals surface area contributed by atoms with Crippen LogP contribution in [0.1, 0.15) is 35.6 Å². The summed E-state index contributed by atoms with van der Waals surface area (Å²) < 4.78 is 8.32. The molecule has 5 rings (SSSR count). The van der Waals surface area contributed by atoms with Gasteiger partial charge in [-0.25, -0.2) is 4.98 Å². The van der Waals surface area contributed by atoms with Crippen LogP contribution >= 0.6 is 11.6 Å². The van der Waals surface area contributed by atoms with Gasteiger partial charge >= 0.3 is 0 Å². The molecule has 0 aliphatic rings. The lowest BCUT2D eigenvalue weighted by Gasteiger charge is -2.17. The number of ether oxygens (including phenoxy) is 1. The highest BCUT2D eigenvalue weighted by atomic mass is 35.5. The number of halogens is 1. The van der Waals surface area contributed by atoms with Crippen LogP contribution in [-0.4, -0.2) is 22.1 Å². The van der Waals surface area contributed by atoms with Crippen molar-refractivity contribution in [2.24, 2.45) is 0 Å². The van der Waals surface area contributed by atoms with E-state index in [1.807, 2.05) is 49.4 Å². The summed E-state index contributed by atoms with van der Waals surface area (Å²) in [5.41, 5.74) is 2.47. The highest BCUT2D eigenvalue weighted by Gasteiger charge is 2.19. The Morgan fingerprint density at radius 1 is 1.00 bits per heavy atom. The zero-order valence-corrected chi connectivity index (χ0v) is 20.2. The number of hydrogen-bond acceptors (Lipinski definition) is 3. The number of imidazole rings is 1. The molecule has 0 radical (unpaired) electrons. The first kappa shape index (κ1) is 22.9. The molecular weight excluding hydrogens is 458 g/mol. The second-order valence-electron chi connectivity index (χ2n) is 8.50. The Labute approximate surface area is 209 Å². The van der Waals surface area contributed by atoms with E-state index in [1.54, 1.807) is 24.3 Å². The zero-order chi connectivity index (χ0) is 24.2. The van der Waals surface area contributed by atoms with Gasteiger partial charge in [0.2, 0.25) is 0 Å². The van der Waals surface area contributed by atoms with Crippen molar-refractivity contribution < 1.29 is 9.53 Å². The van der Waals surface area contributed by atoms with Crippen LogP contribution in [0, 0.1) is 0 Å². The number of hydrogen-bond donors (Lipinski definition) is 1. The number of nitrogens with one attached hydrogen (secondary N) is 1. The summed E-state index contributed by atoms with van der Waals surface area (Å²) in [6, 6.07) is 29.0. The molecule has 5 nitrogen and oxygen atoms in total. The Bertz CT molecular complexity index is 1490. The third kappa shape index (κ3) is 5.00. The molecule has 1 amide bonds. The van der Waals surface area contributed by atoms with Gasteiger partial charge < -0.3 is 14.6 Å². The summed E-state index contributed by atoms with van der Waals surface area (Å²) in [5.74, 6) is 1.52. The van der Waals surface area contributed by atoms with Gasteiger partial charge in [0.15, 0.2) is 0 Å². The SMILES string of the molecule is CC(NC(=O)c1cccc(Cl)c1)c1nc2ccccc2n1CCCOc1cccc2ccccc12. The third-order valence-corrected chi connectivity index (χ3v) is 6.27. The van der Waals surface area contributed by atoms with Gasteiger partial charge in [-0.2, -0.15) is 0 Å². The Kier molecular flexibility index (Phi) is 6.68. The van der Waals surface area contributed by atoms with E-state index in [9.17, 15) is 4.79 Å². The number of rotatable bonds is 8. The average molecular weight is 484 g/mol. The Balaban J connectivity index is 1.31. The molecule has 0 aliphatic heterocycles. The number of fused-ring (bicyclic) bond motifs is 2. The molecule has 0 spiro atoms. The molecule has 1 aromatic heterocycles. The lowest BCUT2D eigenvalue weighted by Crippen LogP contribution is -2.28. The van der Waals surface area contributed by atoms with E-state index in [1.165, 1.54) is 0 Å². The van der Waals surface area contributed by atoms with Crippen LogP contribution < -0.4 is 10.1 Å². The van der Waals surface area contributed by atoms with E-state index < -0.39 is 0 Å². The van der Waals surface area contributed by atoms with E-state index in [4.69, 9.17) is 21.3 Å². The number of amides is 1. The van der Waals surface area contributed by atoms with Crippen molar-refractivity contribution in [3.63, 3.8) is 0 Å². The predicted octanol–water partition coefficient (Wildman–Crippen LogP) is 6.80. The standard InChI is InChI=1S/C29H26ClN3O2/c1-20(31-29(34)22-11-6-12-23(30)19-22)28-32-25-14-4-5-15-26(25)33(28)17-8-18-35-27-16-7-10-21-9-2-3-13-24(21)27/h2-7,9-16,19-20H,8,17-18H2,1H3,(H,31,34). The van der Waals surface area contributed by atoms with Crippen molar-refractivity contribution in [1.29, 1.82) is 0 Å². The van der Waals surface area contributed by atoms with Crippen molar-refractivity contribution in [2.45, 2.75) is 25.9 Å². The summed E-state index contributed by atoms with van der Waals surface area (Å²) in [7, 11) is 0. The van der Waals surface area contributed by atoms with Crippen molar-refractivity contribution in [3.8, 4) is 5.75 Å². The molecule has 1 heterocycles. The van der Waals surface area contributed by atoms with Gasteiger partial charge in [-0.15, -0.1) is 0 Å². The molecule has 1 unspecified atom stereocenters. The van der Waals surface area contributed by atoms with Crippen LogP contribution in [0.3, 0.4) is 0 Å². The average Bonchev–Trinajstić information content (AvgIpc) is 3.25. The third-order valence-electron chi connectivity index (χ3n) is 6.04. The van der Waals surface area contributed by atoms with Gasteiger partial charge in [0.1, 0.15) is 11.6 Å². The van der Waals surface area contributed by atoms with Crippen LogP contribution in [0.15, 0.2) is 91.0 Å². The monoisotopic (exact) mass is 483 g/mol. The number of aromatic nitrogens is 2. The highest BCUT2D eigenvalue weighted by Crippen LogP contribution is 2.26. The second kappa shape index (κ2) is 10.2. The molecule has 176 valence electrons. The number of para-hydroxylation sites is 2. The minimum absolute atomic E-state index is 0.183. The highest BCUT2D eigenvalue weighted by molar-refractivity contribution is 6.30. The summed E-state index contributed by atoms with van der Waals surface area (Å²) in [5, 5.41) is 5.87. The summed E-state index contributed by atoms with van der Waals surface area (Å²) in [6.45, 7) is 3.24. The van der Waals surface area contributed by atoms with Crippen LogP contribution in [0.2, 0.25) is 5.02 Å². The lowest BCUT2D eigenvalue weighted by atomic mass is 10.1. The molecular formula is C29H26ClN3O2. The van der Waals surface area contributed by atoms with Gasteiger partial charge in [-0.3, -0.25) is 4.79 Å². The van der Waals surface area contributed by atoms with Gasteiger partial charge in [0, 0.05) is 22.5 Å². The largest absolute Gasteiger partial charge is 0.493 e. The molecule has 0 saturated carbocycles. The van der Waals surface area contributed by atoms with Crippen LogP contribution in [-0.2, 0) is 6.54 Å². The maximum atomic E-state index is 12.8. The number of benzene rings is 4. The van der Waals surface area contributed by atoms with Crippen molar-refractivity contribution in [3.05, 3.63) is 107 Å². The maximum Gasteiger partial charge on any atom is 0.251 e. The molecule has 1 atom stereocenters. The number of nitrogens with zero attached hydrogens (tertiary/aromatic N) is 2. The Morgan fingerprint density at radius 2 is 1.77 bits per heavy atom. The molecule has 35 heavy (non-hydrogen) atoms. The topological polar surface area (TPSA) is 56.2 Å². The predicted molar refractivity (Wildman–Crippen MR) is 141 cm³/mol. The van der Waals surface area contributed by atoms with Crippen LogP contribution in [0.5, 0.6) is 5.75 Å². The van der Waals surface area contributed by atoms with Crippen molar-refractivity contribution >= 4 is 39.3 Å². The zero-order valence-electron chi connectivity index (χ0n) is 19.4. The molecule has 0 fully saturated rings. The van der Waals surface area contributed by atoms with E-state index in [0.29, 0.717) is 17.2 Å².